The number of benzene rings is 1. The lowest BCUT2D eigenvalue weighted by Gasteiger charge is -2.27. The molecule has 32 heavy (non-hydrogen) atoms. The highest BCUT2D eigenvalue weighted by Crippen LogP contribution is 2.27. The molecule has 174 valence electrons. The summed E-state index contributed by atoms with van der Waals surface area (Å²) in [5.74, 6) is -0.417. The van der Waals surface area contributed by atoms with Crippen LogP contribution in [0, 0.1) is 13.8 Å². The lowest BCUT2D eigenvalue weighted by Crippen LogP contribution is -2.42. The van der Waals surface area contributed by atoms with Crippen LogP contribution in [0.2, 0.25) is 5.02 Å². The highest BCUT2D eigenvalue weighted by atomic mass is 35.5. The van der Waals surface area contributed by atoms with Gasteiger partial charge in [-0.15, -0.1) is 0 Å². The number of hydrogen-bond acceptors (Lipinski definition) is 4. The minimum atomic E-state index is -0.912. The molecule has 0 spiro atoms. The van der Waals surface area contributed by atoms with Crippen molar-refractivity contribution in [1.82, 2.24) is 19.8 Å². The lowest BCUT2D eigenvalue weighted by molar-refractivity contribution is 0.0246. The molecule has 1 aromatic heterocycles. The van der Waals surface area contributed by atoms with E-state index in [1.54, 1.807) is 32.9 Å². The highest BCUT2D eigenvalue weighted by molar-refractivity contribution is 6.33. The number of rotatable bonds is 5. The number of aliphatic hydroxyl groups is 1. The molecule has 0 aliphatic heterocycles. The maximum atomic E-state index is 13.0. The van der Waals surface area contributed by atoms with Crippen molar-refractivity contribution in [2.75, 3.05) is 13.1 Å². The van der Waals surface area contributed by atoms with E-state index in [2.05, 4.69) is 10.6 Å². The van der Waals surface area contributed by atoms with E-state index < -0.39 is 23.2 Å². The van der Waals surface area contributed by atoms with Crippen molar-refractivity contribution in [3.05, 3.63) is 50.7 Å². The molecule has 1 heterocycles. The Kier molecular flexibility index (Phi) is 7.46. The molecule has 0 radical (unpaired) electrons. The molecule has 1 aliphatic carbocycles. The second-order valence-corrected chi connectivity index (χ2v) is 8.85. The van der Waals surface area contributed by atoms with Crippen molar-refractivity contribution in [3.63, 3.8) is 0 Å². The summed E-state index contributed by atoms with van der Waals surface area (Å²) in [7, 11) is 0. The molecular weight excluding hydrogens is 432 g/mol. The fraction of sp³-hybridized carbons (Fsp3) is 0.522. The Morgan fingerprint density at radius 2 is 1.75 bits per heavy atom. The Hall–Kier alpha value is -2.58. The molecule has 0 unspecified atom stereocenters. The first-order chi connectivity index (χ1) is 15.2. The predicted octanol–water partition coefficient (Wildman–Crippen LogP) is 3.30. The third kappa shape index (κ3) is 4.91. The summed E-state index contributed by atoms with van der Waals surface area (Å²) < 4.78 is 2.46. The Labute approximate surface area is 192 Å². The second-order valence-electron chi connectivity index (χ2n) is 8.45. The topological polar surface area (TPSA) is 105 Å². The fourth-order valence-electron chi connectivity index (χ4n) is 4.21. The van der Waals surface area contributed by atoms with Gasteiger partial charge in [-0.25, -0.2) is 14.2 Å². The molecule has 2 aromatic rings. The van der Waals surface area contributed by atoms with Crippen molar-refractivity contribution >= 4 is 23.5 Å². The summed E-state index contributed by atoms with van der Waals surface area (Å²) in [5.41, 5.74) is 0.301. The summed E-state index contributed by atoms with van der Waals surface area (Å²) in [6, 6.07) is 4.22. The van der Waals surface area contributed by atoms with Crippen molar-refractivity contribution in [1.29, 1.82) is 0 Å². The molecule has 1 aliphatic rings. The monoisotopic (exact) mass is 462 g/mol. The van der Waals surface area contributed by atoms with Crippen molar-refractivity contribution in [2.45, 2.75) is 64.9 Å². The quantitative estimate of drug-likeness (QED) is 0.593. The van der Waals surface area contributed by atoms with Crippen LogP contribution in [0.5, 0.6) is 0 Å². The van der Waals surface area contributed by atoms with Crippen LogP contribution in [0.4, 0.5) is 4.79 Å². The molecule has 1 saturated carbocycles. The van der Waals surface area contributed by atoms with Gasteiger partial charge in [-0.2, -0.15) is 0 Å². The van der Waals surface area contributed by atoms with Gasteiger partial charge in [0.25, 0.3) is 5.91 Å². The summed E-state index contributed by atoms with van der Waals surface area (Å²) in [4.78, 5) is 38.2. The number of nitrogens with zero attached hydrogens (tertiary/aromatic N) is 2. The number of hydrogen-bond donors (Lipinski definition) is 3. The van der Waals surface area contributed by atoms with Crippen LogP contribution in [0.15, 0.2) is 23.0 Å². The van der Waals surface area contributed by atoms with E-state index in [1.807, 2.05) is 0 Å². The molecule has 0 bridgehead atoms. The zero-order chi connectivity index (χ0) is 23.5. The van der Waals surface area contributed by atoms with E-state index in [1.165, 1.54) is 10.6 Å². The maximum Gasteiger partial charge on any atom is 0.341 e. The van der Waals surface area contributed by atoms with Crippen molar-refractivity contribution < 1.29 is 14.7 Å². The number of amides is 2. The molecule has 0 atom stereocenters. The fourth-order valence-corrected chi connectivity index (χ4v) is 4.42. The van der Waals surface area contributed by atoms with E-state index in [0.717, 1.165) is 30.3 Å². The first-order valence-electron chi connectivity index (χ1n) is 11.1. The van der Waals surface area contributed by atoms with Crippen LogP contribution in [0.25, 0.3) is 5.69 Å². The Morgan fingerprint density at radius 3 is 2.38 bits per heavy atom. The van der Waals surface area contributed by atoms with Gasteiger partial charge in [-0.3, -0.25) is 9.36 Å². The number of carbonyl (C=O) groups excluding carboxylic acids is 2. The highest BCUT2D eigenvalue weighted by Gasteiger charge is 2.29. The summed E-state index contributed by atoms with van der Waals surface area (Å²) in [5, 5.41) is 16.5. The zero-order valence-electron chi connectivity index (χ0n) is 18.8. The molecule has 3 rings (SSSR count). The van der Waals surface area contributed by atoms with Gasteiger partial charge in [-0.05, 0) is 51.8 Å². The number of aromatic nitrogens is 2. The van der Waals surface area contributed by atoms with E-state index in [-0.39, 0.29) is 17.1 Å². The number of halogens is 1. The van der Waals surface area contributed by atoms with Gasteiger partial charge in [-0.1, -0.05) is 37.3 Å². The van der Waals surface area contributed by atoms with Gasteiger partial charge < -0.3 is 15.7 Å². The molecule has 1 fully saturated rings. The smallest absolute Gasteiger partial charge is 0.341 e. The standard InChI is InChI=1S/C23H31ClN4O4/c1-4-25-21(30)28-16(3)15(2)27(22(28)31)17-9-10-19(24)18(13-17)20(29)26-14-23(32)11-7-5-6-8-12-23/h9-10,13,32H,4-8,11-12,14H2,1-3H3,(H,25,30)(H,26,29). The Balaban J connectivity index is 1.89. The number of carbonyl (C=O) groups is 2. The first-order valence-corrected chi connectivity index (χ1v) is 11.5. The van der Waals surface area contributed by atoms with E-state index in [4.69, 9.17) is 11.6 Å². The molecule has 0 saturated heterocycles. The molecular formula is C23H31ClN4O4. The summed E-state index contributed by atoms with van der Waals surface area (Å²) >= 11 is 6.29. The van der Waals surface area contributed by atoms with Gasteiger partial charge in [0, 0.05) is 24.5 Å². The van der Waals surface area contributed by atoms with E-state index in [0.29, 0.717) is 36.5 Å². The van der Waals surface area contributed by atoms with Crippen LogP contribution in [-0.2, 0) is 0 Å². The SMILES string of the molecule is CCNC(=O)n1c(C)c(C)n(-c2ccc(Cl)c(C(=O)NCC3(O)CCCCCC3)c2)c1=O. The first kappa shape index (κ1) is 24.1. The lowest BCUT2D eigenvalue weighted by atomic mass is 9.94. The summed E-state index contributed by atoms with van der Waals surface area (Å²) in [6.45, 7) is 5.75. The normalized spacial score (nSPS) is 15.8. The van der Waals surface area contributed by atoms with E-state index in [9.17, 15) is 19.5 Å². The van der Waals surface area contributed by atoms with Gasteiger partial charge in [0.1, 0.15) is 0 Å². The average molecular weight is 463 g/mol. The zero-order valence-corrected chi connectivity index (χ0v) is 19.6. The van der Waals surface area contributed by atoms with Gasteiger partial charge >= 0.3 is 11.7 Å². The molecule has 2 amide bonds. The molecule has 3 N–H and O–H groups in total. The Bertz CT molecular complexity index is 1060. The summed E-state index contributed by atoms with van der Waals surface area (Å²) in [6.07, 6.45) is 5.37. The van der Waals surface area contributed by atoms with Gasteiger partial charge in [0.2, 0.25) is 0 Å². The predicted molar refractivity (Wildman–Crippen MR) is 124 cm³/mol. The second kappa shape index (κ2) is 9.92. The maximum absolute atomic E-state index is 13.0. The van der Waals surface area contributed by atoms with Crippen molar-refractivity contribution in [2.24, 2.45) is 0 Å². The Morgan fingerprint density at radius 1 is 1.09 bits per heavy atom. The van der Waals surface area contributed by atoms with Crippen LogP contribution in [0.3, 0.4) is 0 Å². The van der Waals surface area contributed by atoms with Crippen LogP contribution in [0.1, 0.15) is 67.2 Å². The van der Waals surface area contributed by atoms with Crippen molar-refractivity contribution in [3.8, 4) is 5.69 Å². The van der Waals surface area contributed by atoms with Crippen LogP contribution in [-0.4, -0.2) is 44.9 Å². The average Bonchev–Trinajstić information content (AvgIpc) is 2.89. The molecule has 8 nitrogen and oxygen atoms in total. The third-order valence-electron chi connectivity index (χ3n) is 6.17. The molecule has 1 aromatic carbocycles. The molecule has 9 heteroatoms. The van der Waals surface area contributed by atoms with E-state index >= 15 is 0 Å². The minimum Gasteiger partial charge on any atom is -0.388 e. The number of imidazole rings is 1. The van der Waals surface area contributed by atoms with Crippen LogP contribution >= 0.6 is 11.6 Å². The van der Waals surface area contributed by atoms with Crippen LogP contribution < -0.4 is 16.3 Å². The van der Waals surface area contributed by atoms with Gasteiger partial charge in [0.05, 0.1) is 21.9 Å². The number of nitrogens with one attached hydrogen (secondary N) is 2. The third-order valence-corrected chi connectivity index (χ3v) is 6.50. The largest absolute Gasteiger partial charge is 0.388 e. The van der Waals surface area contributed by atoms with Gasteiger partial charge in [0.15, 0.2) is 0 Å². The minimum absolute atomic E-state index is 0.151.